The number of nitrogens with one attached hydrogen (secondary N) is 2. The topological polar surface area (TPSA) is 54.0 Å². The van der Waals surface area contributed by atoms with E-state index >= 15 is 0 Å². The Labute approximate surface area is 78.9 Å². The lowest BCUT2D eigenvalue weighted by Crippen LogP contribution is -2.34. The molecule has 0 aliphatic heterocycles. The van der Waals surface area contributed by atoms with Gasteiger partial charge in [-0.15, -0.1) is 11.3 Å². The van der Waals surface area contributed by atoms with Gasteiger partial charge in [0.2, 0.25) is 0 Å². The van der Waals surface area contributed by atoms with Crippen LogP contribution in [0.4, 0.5) is 0 Å². The van der Waals surface area contributed by atoms with Crippen LogP contribution in [0.1, 0.15) is 15.4 Å². The standard InChI is InChI=1S/C6H8ClN3OS/c1-3-4(5(11)10-8-2)9-6(7)12-3/h8H,1-2H3,(H,10,11). The second-order valence-corrected chi connectivity index (χ2v) is 3.86. The highest BCUT2D eigenvalue weighted by atomic mass is 35.5. The molecule has 6 heteroatoms. The average Bonchev–Trinajstić information content (AvgIpc) is 2.30. The third-order valence-electron chi connectivity index (χ3n) is 1.22. The van der Waals surface area contributed by atoms with Crippen molar-refractivity contribution in [3.63, 3.8) is 0 Å². The van der Waals surface area contributed by atoms with E-state index in [1.807, 2.05) is 0 Å². The van der Waals surface area contributed by atoms with E-state index in [2.05, 4.69) is 15.8 Å². The fourth-order valence-corrected chi connectivity index (χ4v) is 1.80. The summed E-state index contributed by atoms with van der Waals surface area (Å²) in [4.78, 5) is 15.9. The summed E-state index contributed by atoms with van der Waals surface area (Å²) in [7, 11) is 1.61. The molecule has 0 atom stereocenters. The Bertz CT molecular complexity index is 299. The van der Waals surface area contributed by atoms with Gasteiger partial charge in [-0.25, -0.2) is 10.4 Å². The average molecular weight is 206 g/mol. The summed E-state index contributed by atoms with van der Waals surface area (Å²) in [6.45, 7) is 1.80. The Balaban J connectivity index is 2.87. The molecule has 0 aliphatic carbocycles. The fourth-order valence-electron chi connectivity index (χ4n) is 0.747. The van der Waals surface area contributed by atoms with Gasteiger partial charge in [-0.2, -0.15) is 0 Å². The van der Waals surface area contributed by atoms with Crippen molar-refractivity contribution in [2.45, 2.75) is 6.92 Å². The van der Waals surface area contributed by atoms with Gasteiger partial charge in [0.1, 0.15) is 5.69 Å². The Morgan fingerprint density at radius 2 is 2.33 bits per heavy atom. The summed E-state index contributed by atoms with van der Waals surface area (Å²) in [5.74, 6) is -0.266. The van der Waals surface area contributed by atoms with Gasteiger partial charge in [-0.05, 0) is 6.92 Å². The second-order valence-electron chi connectivity index (χ2n) is 2.08. The van der Waals surface area contributed by atoms with Gasteiger partial charge in [0.15, 0.2) is 4.47 Å². The van der Waals surface area contributed by atoms with Crippen LogP contribution >= 0.6 is 22.9 Å². The summed E-state index contributed by atoms with van der Waals surface area (Å²) < 4.78 is 0.383. The largest absolute Gasteiger partial charge is 0.286 e. The predicted molar refractivity (Wildman–Crippen MR) is 48.4 cm³/mol. The molecule has 0 aromatic carbocycles. The van der Waals surface area contributed by atoms with Crippen molar-refractivity contribution in [3.05, 3.63) is 15.0 Å². The minimum atomic E-state index is -0.266. The number of hydrogen-bond donors (Lipinski definition) is 2. The lowest BCUT2D eigenvalue weighted by atomic mass is 10.4. The summed E-state index contributed by atoms with van der Waals surface area (Å²) >= 11 is 6.91. The van der Waals surface area contributed by atoms with Gasteiger partial charge in [0.05, 0.1) is 0 Å². The lowest BCUT2D eigenvalue weighted by molar-refractivity contribution is 0.0933. The molecular weight excluding hydrogens is 198 g/mol. The number of halogens is 1. The van der Waals surface area contributed by atoms with Crippen molar-refractivity contribution in [2.75, 3.05) is 7.05 Å². The van der Waals surface area contributed by atoms with Crippen LogP contribution < -0.4 is 10.9 Å². The quantitative estimate of drug-likeness (QED) is 0.708. The number of aromatic nitrogens is 1. The van der Waals surface area contributed by atoms with Crippen molar-refractivity contribution in [3.8, 4) is 0 Å². The predicted octanol–water partition coefficient (Wildman–Crippen LogP) is 0.969. The third-order valence-corrected chi connectivity index (χ3v) is 2.30. The van der Waals surface area contributed by atoms with Crippen LogP contribution in [-0.4, -0.2) is 17.9 Å². The first-order chi connectivity index (χ1) is 5.65. The van der Waals surface area contributed by atoms with Gasteiger partial charge in [0.25, 0.3) is 5.91 Å². The SMILES string of the molecule is CNNC(=O)c1nc(Cl)sc1C. The molecular formula is C6H8ClN3OS. The number of nitrogens with zero attached hydrogens (tertiary/aromatic N) is 1. The smallest absolute Gasteiger partial charge is 0.285 e. The van der Waals surface area contributed by atoms with E-state index in [0.29, 0.717) is 10.2 Å². The highest BCUT2D eigenvalue weighted by molar-refractivity contribution is 7.15. The first-order valence-electron chi connectivity index (χ1n) is 3.25. The van der Waals surface area contributed by atoms with E-state index in [1.54, 1.807) is 14.0 Å². The highest BCUT2D eigenvalue weighted by Crippen LogP contribution is 2.21. The molecule has 1 aromatic heterocycles. The molecule has 0 spiro atoms. The Morgan fingerprint density at radius 1 is 1.67 bits per heavy atom. The molecule has 1 rings (SSSR count). The van der Waals surface area contributed by atoms with E-state index in [9.17, 15) is 4.79 Å². The molecule has 0 unspecified atom stereocenters. The lowest BCUT2D eigenvalue weighted by Gasteiger charge is -1.98. The molecule has 0 saturated heterocycles. The van der Waals surface area contributed by atoms with Crippen LogP contribution in [0.15, 0.2) is 0 Å². The van der Waals surface area contributed by atoms with E-state index in [0.717, 1.165) is 4.88 Å². The number of hydrazine groups is 1. The number of aryl methyl sites for hydroxylation is 1. The first kappa shape index (κ1) is 9.44. The van der Waals surface area contributed by atoms with Gasteiger partial charge >= 0.3 is 0 Å². The maximum Gasteiger partial charge on any atom is 0.285 e. The Morgan fingerprint density at radius 3 is 2.75 bits per heavy atom. The summed E-state index contributed by atoms with van der Waals surface area (Å²) in [6.07, 6.45) is 0. The molecule has 2 N–H and O–H groups in total. The number of rotatable bonds is 2. The second kappa shape index (κ2) is 3.84. The maximum absolute atomic E-state index is 11.2. The van der Waals surface area contributed by atoms with Crippen LogP contribution in [0.2, 0.25) is 4.47 Å². The monoisotopic (exact) mass is 205 g/mol. The van der Waals surface area contributed by atoms with Crippen LogP contribution in [0.5, 0.6) is 0 Å². The van der Waals surface area contributed by atoms with Crippen molar-refractivity contribution in [1.82, 2.24) is 15.8 Å². The molecule has 0 radical (unpaired) electrons. The normalized spacial score (nSPS) is 9.92. The maximum atomic E-state index is 11.2. The van der Waals surface area contributed by atoms with E-state index in [-0.39, 0.29) is 5.91 Å². The number of amides is 1. The van der Waals surface area contributed by atoms with Gasteiger partial charge in [-0.3, -0.25) is 10.2 Å². The minimum Gasteiger partial charge on any atom is -0.286 e. The molecule has 0 aliphatic rings. The number of carbonyl (C=O) groups is 1. The molecule has 1 heterocycles. The zero-order valence-electron chi connectivity index (χ0n) is 6.64. The van der Waals surface area contributed by atoms with Crippen LogP contribution in [-0.2, 0) is 0 Å². The van der Waals surface area contributed by atoms with Gasteiger partial charge in [0, 0.05) is 11.9 Å². The summed E-state index contributed by atoms with van der Waals surface area (Å²) in [5.41, 5.74) is 5.31. The van der Waals surface area contributed by atoms with Crippen molar-refractivity contribution in [1.29, 1.82) is 0 Å². The highest BCUT2D eigenvalue weighted by Gasteiger charge is 2.13. The van der Waals surface area contributed by atoms with E-state index in [1.165, 1.54) is 11.3 Å². The summed E-state index contributed by atoms with van der Waals surface area (Å²) in [5, 5.41) is 0. The molecule has 0 fully saturated rings. The van der Waals surface area contributed by atoms with Crippen molar-refractivity contribution in [2.24, 2.45) is 0 Å². The van der Waals surface area contributed by atoms with Gasteiger partial charge < -0.3 is 0 Å². The van der Waals surface area contributed by atoms with Crippen LogP contribution in [0.3, 0.4) is 0 Å². The summed E-state index contributed by atoms with van der Waals surface area (Å²) in [6, 6.07) is 0. The molecule has 1 aromatic rings. The van der Waals surface area contributed by atoms with Gasteiger partial charge in [-0.1, -0.05) is 11.6 Å². The molecule has 66 valence electrons. The molecule has 1 amide bonds. The van der Waals surface area contributed by atoms with Crippen LogP contribution in [0, 0.1) is 6.92 Å². The van der Waals surface area contributed by atoms with E-state index < -0.39 is 0 Å². The number of carbonyl (C=O) groups excluding carboxylic acids is 1. The number of hydrogen-bond acceptors (Lipinski definition) is 4. The fraction of sp³-hybridized carbons (Fsp3) is 0.333. The zero-order chi connectivity index (χ0) is 9.14. The van der Waals surface area contributed by atoms with E-state index in [4.69, 9.17) is 11.6 Å². The number of thiazole rings is 1. The third kappa shape index (κ3) is 1.94. The first-order valence-corrected chi connectivity index (χ1v) is 4.44. The Hall–Kier alpha value is -0.650. The minimum absolute atomic E-state index is 0.266. The molecule has 12 heavy (non-hydrogen) atoms. The molecule has 4 nitrogen and oxygen atoms in total. The molecule has 0 saturated carbocycles. The van der Waals surface area contributed by atoms with Crippen molar-refractivity contribution >= 4 is 28.8 Å². The zero-order valence-corrected chi connectivity index (χ0v) is 8.21. The Kier molecular flexibility index (Phi) is 3.02. The molecule has 0 bridgehead atoms. The van der Waals surface area contributed by atoms with Crippen LogP contribution in [0.25, 0.3) is 0 Å². The van der Waals surface area contributed by atoms with Crippen molar-refractivity contribution < 1.29 is 4.79 Å².